The monoisotopic (exact) mass is 443 g/mol. The van der Waals surface area contributed by atoms with Crippen molar-refractivity contribution >= 4 is 34.9 Å². The smallest absolute Gasteiger partial charge is 0.319 e. The normalized spacial score (nSPS) is 14.1. The molecule has 0 aliphatic carbocycles. The van der Waals surface area contributed by atoms with Gasteiger partial charge >= 0.3 is 6.03 Å². The molecular weight excluding hydrogens is 418 g/mol. The third-order valence-electron chi connectivity index (χ3n) is 5.13. The maximum atomic E-state index is 12.2. The Kier molecular flexibility index (Phi) is 8.00. The SMILES string of the molecule is Cl.O=C(NCCCN1CCOCC1)Nc1cccc(-c2n[nH]c(=O)c3ccccc23)c1. The number of carbonyl (C=O) groups excluding carboxylic acids is 1. The number of nitrogens with zero attached hydrogens (tertiary/aromatic N) is 2. The first-order valence-electron chi connectivity index (χ1n) is 10.1. The molecule has 0 saturated carbocycles. The van der Waals surface area contributed by atoms with Crippen LogP contribution in [0.15, 0.2) is 53.3 Å². The molecule has 2 heterocycles. The minimum Gasteiger partial charge on any atom is -0.379 e. The summed E-state index contributed by atoms with van der Waals surface area (Å²) in [6, 6.07) is 14.5. The van der Waals surface area contributed by atoms with Crippen LogP contribution in [0.1, 0.15) is 6.42 Å². The van der Waals surface area contributed by atoms with Crippen molar-refractivity contribution in [1.82, 2.24) is 20.4 Å². The van der Waals surface area contributed by atoms with E-state index < -0.39 is 0 Å². The van der Waals surface area contributed by atoms with Crippen molar-refractivity contribution in [2.24, 2.45) is 0 Å². The van der Waals surface area contributed by atoms with Gasteiger partial charge in [-0.25, -0.2) is 9.89 Å². The molecule has 1 fully saturated rings. The van der Waals surface area contributed by atoms with Crippen LogP contribution in [0, 0.1) is 0 Å². The molecule has 8 nitrogen and oxygen atoms in total. The van der Waals surface area contributed by atoms with E-state index in [-0.39, 0.29) is 24.0 Å². The van der Waals surface area contributed by atoms with Crippen molar-refractivity contribution in [3.63, 3.8) is 0 Å². The van der Waals surface area contributed by atoms with Crippen LogP contribution in [0.2, 0.25) is 0 Å². The summed E-state index contributed by atoms with van der Waals surface area (Å²) in [6.45, 7) is 5.02. The third-order valence-corrected chi connectivity index (χ3v) is 5.13. The molecule has 0 radical (unpaired) electrons. The van der Waals surface area contributed by atoms with Gasteiger partial charge in [0.1, 0.15) is 0 Å². The largest absolute Gasteiger partial charge is 0.379 e. The van der Waals surface area contributed by atoms with Gasteiger partial charge in [0, 0.05) is 36.3 Å². The quantitative estimate of drug-likeness (QED) is 0.509. The van der Waals surface area contributed by atoms with Crippen LogP contribution < -0.4 is 16.2 Å². The number of carbonyl (C=O) groups is 1. The highest BCUT2D eigenvalue weighted by Crippen LogP contribution is 2.26. The van der Waals surface area contributed by atoms with Crippen molar-refractivity contribution in [3.8, 4) is 11.3 Å². The van der Waals surface area contributed by atoms with E-state index in [0.29, 0.717) is 23.3 Å². The number of rotatable bonds is 6. The molecule has 31 heavy (non-hydrogen) atoms. The Bertz CT molecular complexity index is 1080. The van der Waals surface area contributed by atoms with Gasteiger partial charge in [-0.2, -0.15) is 5.10 Å². The highest BCUT2D eigenvalue weighted by molar-refractivity contribution is 5.95. The Hall–Kier alpha value is -2.94. The summed E-state index contributed by atoms with van der Waals surface area (Å²) in [5.74, 6) is 0. The Balaban J connectivity index is 0.00000272. The van der Waals surface area contributed by atoms with Crippen LogP contribution in [0.4, 0.5) is 10.5 Å². The summed E-state index contributed by atoms with van der Waals surface area (Å²) in [5.41, 5.74) is 1.92. The van der Waals surface area contributed by atoms with E-state index in [1.165, 1.54) is 0 Å². The number of amides is 2. The number of benzene rings is 2. The molecule has 4 rings (SSSR count). The number of halogens is 1. The van der Waals surface area contributed by atoms with Gasteiger partial charge in [-0.1, -0.05) is 30.3 Å². The first-order chi connectivity index (χ1) is 14.7. The highest BCUT2D eigenvalue weighted by Gasteiger charge is 2.11. The molecule has 2 aromatic carbocycles. The van der Waals surface area contributed by atoms with Crippen LogP contribution in [-0.2, 0) is 4.74 Å². The summed E-state index contributed by atoms with van der Waals surface area (Å²) in [6.07, 6.45) is 0.890. The fourth-order valence-corrected chi connectivity index (χ4v) is 3.58. The molecule has 1 aliphatic rings. The van der Waals surface area contributed by atoms with Crippen LogP contribution >= 0.6 is 12.4 Å². The molecule has 3 aromatic rings. The van der Waals surface area contributed by atoms with E-state index in [1.807, 2.05) is 42.5 Å². The minimum atomic E-state index is -0.242. The van der Waals surface area contributed by atoms with E-state index in [1.54, 1.807) is 6.07 Å². The fourth-order valence-electron chi connectivity index (χ4n) is 3.58. The van der Waals surface area contributed by atoms with Gasteiger partial charge in [-0.05, 0) is 31.2 Å². The molecule has 0 spiro atoms. The summed E-state index contributed by atoms with van der Waals surface area (Å²) in [4.78, 5) is 26.6. The average Bonchev–Trinajstić information content (AvgIpc) is 2.78. The number of urea groups is 1. The summed E-state index contributed by atoms with van der Waals surface area (Å²) >= 11 is 0. The van der Waals surface area contributed by atoms with Gasteiger partial charge in [0.15, 0.2) is 0 Å². The van der Waals surface area contributed by atoms with Crippen molar-refractivity contribution in [2.45, 2.75) is 6.42 Å². The predicted molar refractivity (Wildman–Crippen MR) is 124 cm³/mol. The lowest BCUT2D eigenvalue weighted by molar-refractivity contribution is 0.0375. The van der Waals surface area contributed by atoms with Crippen molar-refractivity contribution in [3.05, 3.63) is 58.9 Å². The molecule has 1 aromatic heterocycles. The van der Waals surface area contributed by atoms with Gasteiger partial charge in [-0.15, -0.1) is 12.4 Å². The summed E-state index contributed by atoms with van der Waals surface area (Å²) < 4.78 is 5.34. The number of H-pyrrole nitrogens is 1. The minimum absolute atomic E-state index is 0. The molecule has 3 N–H and O–H groups in total. The van der Waals surface area contributed by atoms with Gasteiger partial charge < -0.3 is 15.4 Å². The van der Waals surface area contributed by atoms with Crippen LogP contribution in [0.3, 0.4) is 0 Å². The zero-order valence-electron chi connectivity index (χ0n) is 17.1. The average molecular weight is 444 g/mol. The number of anilines is 1. The van der Waals surface area contributed by atoms with Crippen molar-refractivity contribution < 1.29 is 9.53 Å². The molecule has 9 heteroatoms. The van der Waals surface area contributed by atoms with Gasteiger partial charge in [0.05, 0.1) is 24.3 Å². The molecule has 0 unspecified atom stereocenters. The Morgan fingerprint density at radius 1 is 1.10 bits per heavy atom. The van der Waals surface area contributed by atoms with E-state index >= 15 is 0 Å². The number of nitrogens with one attached hydrogen (secondary N) is 3. The number of fused-ring (bicyclic) bond motifs is 1. The Morgan fingerprint density at radius 3 is 2.68 bits per heavy atom. The zero-order chi connectivity index (χ0) is 20.8. The van der Waals surface area contributed by atoms with Crippen LogP contribution in [0.5, 0.6) is 0 Å². The summed E-state index contributed by atoms with van der Waals surface area (Å²) in [7, 11) is 0. The van der Waals surface area contributed by atoms with Crippen LogP contribution in [0.25, 0.3) is 22.0 Å². The number of hydrogen-bond acceptors (Lipinski definition) is 5. The van der Waals surface area contributed by atoms with E-state index in [9.17, 15) is 9.59 Å². The number of aromatic nitrogens is 2. The first-order valence-corrected chi connectivity index (χ1v) is 10.1. The topological polar surface area (TPSA) is 99.3 Å². The molecule has 1 aliphatic heterocycles. The molecule has 0 atom stereocenters. The van der Waals surface area contributed by atoms with E-state index in [4.69, 9.17) is 4.74 Å². The second-order valence-corrected chi connectivity index (χ2v) is 7.22. The second kappa shape index (κ2) is 10.9. The zero-order valence-corrected chi connectivity index (χ0v) is 17.9. The van der Waals surface area contributed by atoms with E-state index in [0.717, 1.165) is 50.2 Å². The van der Waals surface area contributed by atoms with Gasteiger partial charge in [-0.3, -0.25) is 9.69 Å². The van der Waals surface area contributed by atoms with Crippen LogP contribution in [-0.4, -0.2) is 60.5 Å². The Labute approximate surface area is 186 Å². The fraction of sp³-hybridized carbons (Fsp3) is 0.318. The lowest BCUT2D eigenvalue weighted by Crippen LogP contribution is -2.38. The molecule has 164 valence electrons. The summed E-state index contributed by atoms with van der Waals surface area (Å²) in [5, 5.41) is 13.9. The lowest BCUT2D eigenvalue weighted by Gasteiger charge is -2.26. The standard InChI is InChI=1S/C22H25N5O3.ClH/c28-21-19-8-2-1-7-18(19)20(25-26-21)16-5-3-6-17(15-16)24-22(29)23-9-4-10-27-11-13-30-14-12-27;/h1-3,5-8,15H,4,9-14H2,(H,26,28)(H2,23,24,29);1H. The highest BCUT2D eigenvalue weighted by atomic mass is 35.5. The van der Waals surface area contributed by atoms with Crippen molar-refractivity contribution in [2.75, 3.05) is 44.7 Å². The number of morpholine rings is 1. The number of aromatic amines is 1. The lowest BCUT2D eigenvalue weighted by atomic mass is 10.0. The maximum absolute atomic E-state index is 12.2. The number of hydrogen-bond donors (Lipinski definition) is 3. The molecular formula is C22H26ClN5O3. The second-order valence-electron chi connectivity index (χ2n) is 7.22. The molecule has 1 saturated heterocycles. The Morgan fingerprint density at radius 2 is 1.87 bits per heavy atom. The predicted octanol–water partition coefficient (Wildman–Crippen LogP) is 2.86. The van der Waals surface area contributed by atoms with Gasteiger partial charge in [0.25, 0.3) is 5.56 Å². The van der Waals surface area contributed by atoms with Crippen molar-refractivity contribution in [1.29, 1.82) is 0 Å². The third kappa shape index (κ3) is 5.81. The maximum Gasteiger partial charge on any atom is 0.319 e. The molecule has 2 amide bonds. The van der Waals surface area contributed by atoms with E-state index in [2.05, 4.69) is 25.7 Å². The van der Waals surface area contributed by atoms with Gasteiger partial charge in [0.2, 0.25) is 0 Å². The molecule has 0 bridgehead atoms. The first kappa shape index (κ1) is 22.7. The number of ether oxygens (including phenoxy) is 1.